The van der Waals surface area contributed by atoms with Gasteiger partial charge in [-0.2, -0.15) is 5.10 Å². The smallest absolute Gasteiger partial charge is 0.180 e. The van der Waals surface area contributed by atoms with Crippen molar-refractivity contribution in [3.63, 3.8) is 0 Å². The van der Waals surface area contributed by atoms with Gasteiger partial charge < -0.3 is 10.5 Å². The Labute approximate surface area is 130 Å². The van der Waals surface area contributed by atoms with Gasteiger partial charge in [-0.15, -0.1) is 5.10 Å². The molecule has 0 bridgehead atoms. The third-order valence-electron chi connectivity index (χ3n) is 3.36. The van der Waals surface area contributed by atoms with Crippen molar-refractivity contribution in [1.82, 2.24) is 0 Å². The second-order valence-electron chi connectivity index (χ2n) is 5.05. The number of nitrogens with two attached hydrogens (primary N) is 1. The summed E-state index contributed by atoms with van der Waals surface area (Å²) >= 11 is 1.57. The summed E-state index contributed by atoms with van der Waals surface area (Å²) < 4.78 is 5.78. The highest BCUT2D eigenvalue weighted by Gasteiger charge is 2.07. The fourth-order valence-electron chi connectivity index (χ4n) is 2.11. The van der Waals surface area contributed by atoms with Crippen molar-refractivity contribution in [2.75, 3.05) is 12.4 Å². The van der Waals surface area contributed by atoms with Gasteiger partial charge in [0.05, 0.1) is 12.3 Å². The molecule has 0 aliphatic carbocycles. The monoisotopic (exact) mass is 305 g/mol. The van der Waals surface area contributed by atoms with E-state index in [2.05, 4.69) is 35.3 Å². The lowest BCUT2D eigenvalue weighted by molar-refractivity contribution is 0.305. The quantitative estimate of drug-likeness (QED) is 0.746. The van der Waals surface area contributed by atoms with E-state index in [1.165, 1.54) is 5.56 Å². The molecule has 0 spiro atoms. The maximum absolute atomic E-state index is 5.78. The lowest BCUT2D eigenvalue weighted by atomic mass is 10.1. The molecule has 114 valence electrons. The van der Waals surface area contributed by atoms with E-state index in [1.807, 2.05) is 6.07 Å². The molecule has 0 amide bonds. The summed E-state index contributed by atoms with van der Waals surface area (Å²) in [6.07, 6.45) is 5.41. The molecule has 0 fully saturated rings. The molecule has 0 saturated carbocycles. The van der Waals surface area contributed by atoms with Gasteiger partial charge in [-0.3, -0.25) is 0 Å². The van der Waals surface area contributed by atoms with Crippen LogP contribution in [0.2, 0.25) is 0 Å². The Kier molecular flexibility index (Phi) is 6.60. The summed E-state index contributed by atoms with van der Waals surface area (Å²) in [7, 11) is 0. The number of benzene rings is 1. The predicted octanol–water partition coefficient (Wildman–Crippen LogP) is 3.61. The number of ether oxygens (including phenoxy) is 1. The van der Waals surface area contributed by atoms with E-state index in [0.717, 1.165) is 55.9 Å². The molecule has 1 aromatic rings. The maximum Gasteiger partial charge on any atom is 0.180 e. The summed E-state index contributed by atoms with van der Waals surface area (Å²) in [5.41, 5.74) is 8.02. The van der Waals surface area contributed by atoms with Crippen molar-refractivity contribution >= 4 is 22.6 Å². The highest BCUT2D eigenvalue weighted by molar-refractivity contribution is 8.14. The number of aryl methyl sites for hydroxylation is 1. The normalized spacial score (nSPS) is 14.5. The largest absolute Gasteiger partial charge is 0.494 e. The van der Waals surface area contributed by atoms with Gasteiger partial charge >= 0.3 is 0 Å². The summed E-state index contributed by atoms with van der Waals surface area (Å²) in [5.74, 6) is 1.86. The van der Waals surface area contributed by atoms with Gasteiger partial charge in [0.1, 0.15) is 5.75 Å². The van der Waals surface area contributed by atoms with Crippen molar-refractivity contribution in [2.45, 2.75) is 39.0 Å². The first-order valence-corrected chi connectivity index (χ1v) is 8.50. The van der Waals surface area contributed by atoms with Crippen LogP contribution in [0, 0.1) is 0 Å². The molecule has 5 heteroatoms. The average Bonchev–Trinajstić information content (AvgIpc) is 2.52. The zero-order valence-corrected chi connectivity index (χ0v) is 13.4. The van der Waals surface area contributed by atoms with Crippen LogP contribution in [0.3, 0.4) is 0 Å². The Morgan fingerprint density at radius 1 is 1.24 bits per heavy atom. The number of thioether (sulfide) groups is 1. The Hall–Kier alpha value is -1.49. The molecule has 0 radical (unpaired) electrons. The molecule has 1 aromatic carbocycles. The first-order chi connectivity index (χ1) is 10.3. The SMILES string of the molecule is CCc1cccc(OCCCCCC2=NN=C(N)SC2)c1. The summed E-state index contributed by atoms with van der Waals surface area (Å²) in [5, 5.41) is 8.60. The van der Waals surface area contributed by atoms with Crippen LogP contribution < -0.4 is 10.5 Å². The molecule has 21 heavy (non-hydrogen) atoms. The van der Waals surface area contributed by atoms with Gasteiger partial charge in [0.15, 0.2) is 5.17 Å². The topological polar surface area (TPSA) is 60.0 Å². The van der Waals surface area contributed by atoms with Crippen molar-refractivity contribution < 1.29 is 4.74 Å². The third-order valence-corrected chi connectivity index (χ3v) is 4.22. The number of nitrogens with zero attached hydrogens (tertiary/aromatic N) is 2. The number of hydrogen-bond acceptors (Lipinski definition) is 5. The molecule has 0 saturated heterocycles. The van der Waals surface area contributed by atoms with Gasteiger partial charge in [-0.05, 0) is 49.8 Å². The van der Waals surface area contributed by atoms with Crippen LogP contribution in [0.15, 0.2) is 34.5 Å². The molecule has 2 rings (SSSR count). The molecular formula is C16H23N3OS. The van der Waals surface area contributed by atoms with E-state index in [4.69, 9.17) is 10.5 Å². The first kappa shape index (κ1) is 15.9. The molecule has 4 nitrogen and oxygen atoms in total. The second kappa shape index (κ2) is 8.72. The van der Waals surface area contributed by atoms with Crippen LogP contribution in [0.25, 0.3) is 0 Å². The summed E-state index contributed by atoms with van der Waals surface area (Å²) in [4.78, 5) is 0. The van der Waals surface area contributed by atoms with E-state index in [0.29, 0.717) is 5.17 Å². The van der Waals surface area contributed by atoms with E-state index in [-0.39, 0.29) is 0 Å². The summed E-state index contributed by atoms with van der Waals surface area (Å²) in [6.45, 7) is 2.93. The van der Waals surface area contributed by atoms with Crippen LogP contribution in [0.1, 0.15) is 38.2 Å². The van der Waals surface area contributed by atoms with E-state index in [9.17, 15) is 0 Å². The van der Waals surface area contributed by atoms with Crippen molar-refractivity contribution in [2.24, 2.45) is 15.9 Å². The molecule has 0 aromatic heterocycles. The van der Waals surface area contributed by atoms with Crippen LogP contribution in [-0.2, 0) is 6.42 Å². The van der Waals surface area contributed by atoms with Crippen molar-refractivity contribution in [1.29, 1.82) is 0 Å². The minimum absolute atomic E-state index is 0.571. The Morgan fingerprint density at radius 2 is 2.14 bits per heavy atom. The molecular weight excluding hydrogens is 282 g/mol. The minimum atomic E-state index is 0.571. The zero-order chi connectivity index (χ0) is 14.9. The number of amidine groups is 1. The van der Waals surface area contributed by atoms with Crippen LogP contribution in [-0.4, -0.2) is 23.2 Å². The first-order valence-electron chi connectivity index (χ1n) is 7.51. The number of hydrogen-bond donors (Lipinski definition) is 1. The van der Waals surface area contributed by atoms with E-state index < -0.39 is 0 Å². The van der Waals surface area contributed by atoms with Crippen molar-refractivity contribution in [3.8, 4) is 5.75 Å². The van der Waals surface area contributed by atoms with Gasteiger partial charge in [0, 0.05) is 5.75 Å². The maximum atomic E-state index is 5.78. The fraction of sp³-hybridized carbons (Fsp3) is 0.500. The molecule has 1 aliphatic heterocycles. The Bertz CT molecular complexity index is 514. The minimum Gasteiger partial charge on any atom is -0.494 e. The Morgan fingerprint density at radius 3 is 2.90 bits per heavy atom. The molecule has 2 N–H and O–H groups in total. The van der Waals surface area contributed by atoms with E-state index in [1.54, 1.807) is 11.8 Å². The van der Waals surface area contributed by atoms with Gasteiger partial charge in [-0.25, -0.2) is 0 Å². The molecule has 0 atom stereocenters. The predicted molar refractivity (Wildman–Crippen MR) is 91.3 cm³/mol. The lowest BCUT2D eigenvalue weighted by Gasteiger charge is -2.09. The molecule has 1 heterocycles. The average molecular weight is 305 g/mol. The molecule has 1 aliphatic rings. The molecule has 0 unspecified atom stereocenters. The highest BCUT2D eigenvalue weighted by atomic mass is 32.2. The number of unbranched alkanes of at least 4 members (excludes halogenated alkanes) is 2. The van der Waals surface area contributed by atoms with Crippen LogP contribution in [0.5, 0.6) is 5.75 Å². The standard InChI is InChI=1S/C16H23N3OS/c1-2-13-7-6-9-15(11-13)20-10-5-3-4-8-14-12-21-16(17)19-18-14/h6-7,9,11H,2-5,8,10,12H2,1H3,(H2,17,19). The Balaban J connectivity index is 1.58. The van der Waals surface area contributed by atoms with Gasteiger partial charge in [0.2, 0.25) is 0 Å². The van der Waals surface area contributed by atoms with Crippen LogP contribution >= 0.6 is 11.8 Å². The van der Waals surface area contributed by atoms with Gasteiger partial charge in [0.25, 0.3) is 0 Å². The second-order valence-corrected chi connectivity index (χ2v) is 6.05. The van der Waals surface area contributed by atoms with Gasteiger partial charge in [-0.1, -0.05) is 30.8 Å². The lowest BCUT2D eigenvalue weighted by Crippen LogP contribution is -2.15. The zero-order valence-electron chi connectivity index (χ0n) is 12.5. The third kappa shape index (κ3) is 5.79. The van der Waals surface area contributed by atoms with E-state index >= 15 is 0 Å². The van der Waals surface area contributed by atoms with Crippen molar-refractivity contribution in [3.05, 3.63) is 29.8 Å². The number of rotatable bonds is 8. The van der Waals surface area contributed by atoms with Crippen LogP contribution in [0.4, 0.5) is 0 Å². The summed E-state index contributed by atoms with van der Waals surface area (Å²) in [6, 6.07) is 8.33. The highest BCUT2D eigenvalue weighted by Crippen LogP contribution is 2.15. The fourth-order valence-corrected chi connectivity index (χ4v) is 2.73.